The Labute approximate surface area is 144 Å². The Morgan fingerprint density at radius 3 is 1.38 bits per heavy atom. The van der Waals surface area contributed by atoms with E-state index in [0.29, 0.717) is 11.1 Å². The molecule has 3 heteroatoms. The van der Waals surface area contributed by atoms with Crippen LogP contribution in [0.5, 0.6) is 11.5 Å². The first-order valence-corrected chi connectivity index (χ1v) is 8.61. The molecule has 0 spiro atoms. The van der Waals surface area contributed by atoms with E-state index < -0.39 is 0 Å². The minimum Gasteiger partial charge on any atom is -0.491 e. The maximum absolute atomic E-state index is 12.5. The van der Waals surface area contributed by atoms with Crippen LogP contribution >= 0.6 is 0 Å². The third-order valence-corrected chi connectivity index (χ3v) is 4.06. The van der Waals surface area contributed by atoms with E-state index in [-0.39, 0.29) is 18.0 Å². The minimum atomic E-state index is 0.000167. The first-order valence-electron chi connectivity index (χ1n) is 8.61. The summed E-state index contributed by atoms with van der Waals surface area (Å²) in [6.07, 6.45) is 2.24. The number of hydrogen-bond acceptors (Lipinski definition) is 3. The fraction of sp³-hybridized carbons (Fsp3) is 0.381. The van der Waals surface area contributed by atoms with E-state index in [1.807, 2.05) is 62.4 Å². The number of rotatable bonds is 8. The summed E-state index contributed by atoms with van der Waals surface area (Å²) in [6.45, 7) is 8.22. The molecule has 2 aromatic rings. The van der Waals surface area contributed by atoms with Gasteiger partial charge in [0.05, 0.1) is 12.2 Å². The van der Waals surface area contributed by atoms with Gasteiger partial charge in [0.2, 0.25) is 0 Å². The van der Waals surface area contributed by atoms with Crippen LogP contribution in [0.2, 0.25) is 0 Å². The Morgan fingerprint density at radius 1 is 0.750 bits per heavy atom. The summed E-state index contributed by atoms with van der Waals surface area (Å²) in [4.78, 5) is 12.5. The monoisotopic (exact) mass is 326 g/mol. The highest BCUT2D eigenvalue weighted by atomic mass is 16.5. The van der Waals surface area contributed by atoms with Crippen LogP contribution in [0, 0.1) is 0 Å². The Bertz CT molecular complexity index is 586. The highest BCUT2D eigenvalue weighted by Crippen LogP contribution is 2.20. The van der Waals surface area contributed by atoms with Crippen LogP contribution in [-0.4, -0.2) is 18.0 Å². The van der Waals surface area contributed by atoms with E-state index in [1.54, 1.807) is 0 Å². The lowest BCUT2D eigenvalue weighted by Gasteiger charge is -2.13. The summed E-state index contributed by atoms with van der Waals surface area (Å²) < 4.78 is 11.5. The van der Waals surface area contributed by atoms with Crippen LogP contribution in [0.3, 0.4) is 0 Å². The molecular weight excluding hydrogens is 300 g/mol. The Hall–Kier alpha value is -2.29. The zero-order chi connectivity index (χ0) is 17.5. The van der Waals surface area contributed by atoms with Crippen LogP contribution < -0.4 is 9.47 Å². The molecule has 0 heterocycles. The van der Waals surface area contributed by atoms with Crippen molar-refractivity contribution in [2.24, 2.45) is 0 Å². The second-order valence-electron chi connectivity index (χ2n) is 6.05. The smallest absolute Gasteiger partial charge is 0.193 e. The molecule has 0 aliphatic carbocycles. The molecule has 2 aromatic carbocycles. The second-order valence-corrected chi connectivity index (χ2v) is 6.05. The summed E-state index contributed by atoms with van der Waals surface area (Å²) in [5.74, 6) is 1.58. The van der Waals surface area contributed by atoms with Crippen molar-refractivity contribution in [3.05, 3.63) is 59.7 Å². The Balaban J connectivity index is 2.05. The van der Waals surface area contributed by atoms with Crippen molar-refractivity contribution in [3.8, 4) is 11.5 Å². The molecule has 0 unspecified atom stereocenters. The summed E-state index contributed by atoms with van der Waals surface area (Å²) in [5, 5.41) is 0. The van der Waals surface area contributed by atoms with Crippen LogP contribution in [0.4, 0.5) is 0 Å². The molecule has 2 atom stereocenters. The molecule has 3 nitrogen and oxygen atoms in total. The predicted molar refractivity (Wildman–Crippen MR) is 97.1 cm³/mol. The van der Waals surface area contributed by atoms with Gasteiger partial charge in [0.1, 0.15) is 11.5 Å². The van der Waals surface area contributed by atoms with Crippen molar-refractivity contribution in [1.29, 1.82) is 0 Å². The van der Waals surface area contributed by atoms with Crippen molar-refractivity contribution < 1.29 is 14.3 Å². The van der Waals surface area contributed by atoms with Crippen molar-refractivity contribution >= 4 is 5.78 Å². The van der Waals surface area contributed by atoms with E-state index >= 15 is 0 Å². The van der Waals surface area contributed by atoms with Gasteiger partial charge in [-0.2, -0.15) is 0 Å². The fourth-order valence-corrected chi connectivity index (χ4v) is 2.17. The molecule has 24 heavy (non-hydrogen) atoms. The van der Waals surface area contributed by atoms with Crippen LogP contribution in [-0.2, 0) is 0 Å². The molecule has 0 aromatic heterocycles. The van der Waals surface area contributed by atoms with Gasteiger partial charge in [-0.25, -0.2) is 0 Å². The van der Waals surface area contributed by atoms with Gasteiger partial charge in [-0.05, 0) is 75.2 Å². The fourth-order valence-electron chi connectivity index (χ4n) is 2.17. The highest BCUT2D eigenvalue weighted by molar-refractivity contribution is 6.09. The lowest BCUT2D eigenvalue weighted by atomic mass is 10.0. The van der Waals surface area contributed by atoms with Crippen LogP contribution in [0.15, 0.2) is 48.5 Å². The average Bonchev–Trinajstić information content (AvgIpc) is 2.62. The number of ether oxygens (including phenoxy) is 2. The van der Waals surface area contributed by atoms with Gasteiger partial charge >= 0.3 is 0 Å². The van der Waals surface area contributed by atoms with E-state index in [0.717, 1.165) is 24.3 Å². The molecule has 0 bridgehead atoms. The number of hydrogen-bond donors (Lipinski definition) is 0. The summed E-state index contributed by atoms with van der Waals surface area (Å²) in [6, 6.07) is 14.6. The largest absolute Gasteiger partial charge is 0.491 e. The van der Waals surface area contributed by atoms with E-state index in [2.05, 4.69) is 13.8 Å². The molecule has 0 saturated carbocycles. The second kappa shape index (κ2) is 8.53. The zero-order valence-corrected chi connectivity index (χ0v) is 14.9. The van der Waals surface area contributed by atoms with Gasteiger partial charge in [0.25, 0.3) is 0 Å². The Kier molecular flexibility index (Phi) is 6.42. The number of carbonyl (C=O) groups excluding carboxylic acids is 1. The van der Waals surface area contributed by atoms with E-state index in [9.17, 15) is 4.79 Å². The topological polar surface area (TPSA) is 35.5 Å². The minimum absolute atomic E-state index is 0.000167. The molecule has 0 amide bonds. The SMILES string of the molecule is CC[C@@H](C)Oc1ccc(C(=O)c2ccc(O[C@H](C)CC)cc2)cc1. The van der Waals surface area contributed by atoms with Gasteiger partial charge in [-0.1, -0.05) is 13.8 Å². The standard InChI is InChI=1S/C21H26O3/c1-5-15(3)23-19-11-7-17(8-12-19)21(22)18-9-13-20(14-10-18)24-16(4)6-2/h7-16H,5-6H2,1-4H3/t15-,16-/m1/s1. The third-order valence-electron chi connectivity index (χ3n) is 4.06. The van der Waals surface area contributed by atoms with E-state index in [4.69, 9.17) is 9.47 Å². The first kappa shape index (κ1) is 18.1. The molecule has 0 N–H and O–H groups in total. The molecule has 2 rings (SSSR count). The molecule has 0 aliphatic rings. The summed E-state index contributed by atoms with van der Waals surface area (Å²) in [5.41, 5.74) is 1.31. The number of carbonyl (C=O) groups is 1. The lowest BCUT2D eigenvalue weighted by molar-refractivity contribution is 0.103. The van der Waals surface area contributed by atoms with Gasteiger partial charge in [0, 0.05) is 11.1 Å². The first-order chi connectivity index (χ1) is 11.5. The van der Waals surface area contributed by atoms with Gasteiger partial charge in [0.15, 0.2) is 5.78 Å². The zero-order valence-electron chi connectivity index (χ0n) is 14.9. The van der Waals surface area contributed by atoms with Crippen LogP contribution in [0.1, 0.15) is 56.5 Å². The molecule has 0 aliphatic heterocycles. The maximum atomic E-state index is 12.5. The van der Waals surface area contributed by atoms with Crippen LogP contribution in [0.25, 0.3) is 0 Å². The highest BCUT2D eigenvalue weighted by Gasteiger charge is 2.10. The van der Waals surface area contributed by atoms with Crippen molar-refractivity contribution in [3.63, 3.8) is 0 Å². The third kappa shape index (κ3) is 4.85. The number of benzene rings is 2. The summed E-state index contributed by atoms with van der Waals surface area (Å²) >= 11 is 0. The quantitative estimate of drug-likeness (QED) is 0.620. The molecule has 0 fully saturated rings. The van der Waals surface area contributed by atoms with Crippen molar-refractivity contribution in [2.75, 3.05) is 0 Å². The van der Waals surface area contributed by atoms with E-state index in [1.165, 1.54) is 0 Å². The van der Waals surface area contributed by atoms with Gasteiger partial charge in [-0.15, -0.1) is 0 Å². The molecule has 128 valence electrons. The Morgan fingerprint density at radius 2 is 1.08 bits per heavy atom. The lowest BCUT2D eigenvalue weighted by Crippen LogP contribution is -2.10. The average molecular weight is 326 g/mol. The van der Waals surface area contributed by atoms with Crippen molar-refractivity contribution in [2.45, 2.75) is 52.7 Å². The number of ketones is 1. The molecule has 0 radical (unpaired) electrons. The summed E-state index contributed by atoms with van der Waals surface area (Å²) in [7, 11) is 0. The van der Waals surface area contributed by atoms with Gasteiger partial charge < -0.3 is 9.47 Å². The maximum Gasteiger partial charge on any atom is 0.193 e. The normalized spacial score (nSPS) is 13.2. The predicted octanol–water partition coefficient (Wildman–Crippen LogP) is 5.27. The van der Waals surface area contributed by atoms with Crippen molar-refractivity contribution in [1.82, 2.24) is 0 Å². The molecule has 0 saturated heterocycles. The molecular formula is C21H26O3. The van der Waals surface area contributed by atoms with Gasteiger partial charge in [-0.3, -0.25) is 4.79 Å².